The van der Waals surface area contributed by atoms with Crippen LogP contribution in [0.25, 0.3) is 5.76 Å². The normalized spacial score (nSPS) is 17.6. The monoisotopic (exact) mass is 455 g/mol. The lowest BCUT2D eigenvalue weighted by molar-refractivity contribution is -0.140. The zero-order valence-electron chi connectivity index (χ0n) is 19.2. The number of ether oxygens (including phenoxy) is 3. The summed E-state index contributed by atoms with van der Waals surface area (Å²) in [5.41, 5.74) is 0.843. The summed E-state index contributed by atoms with van der Waals surface area (Å²) < 4.78 is 16.0. The van der Waals surface area contributed by atoms with E-state index in [9.17, 15) is 19.8 Å². The van der Waals surface area contributed by atoms with Gasteiger partial charge in [-0.1, -0.05) is 18.2 Å². The molecule has 0 saturated carbocycles. The van der Waals surface area contributed by atoms with Crippen LogP contribution in [0.2, 0.25) is 0 Å². The maximum absolute atomic E-state index is 13.1. The van der Waals surface area contributed by atoms with Gasteiger partial charge >= 0.3 is 0 Å². The Bertz CT molecular complexity index is 1060. The molecule has 2 N–H and O–H groups in total. The van der Waals surface area contributed by atoms with Gasteiger partial charge in [0, 0.05) is 18.7 Å². The van der Waals surface area contributed by atoms with Gasteiger partial charge in [0.25, 0.3) is 11.7 Å². The third-order valence-corrected chi connectivity index (χ3v) is 5.40. The molecule has 0 radical (unpaired) electrons. The number of benzene rings is 2. The van der Waals surface area contributed by atoms with Crippen molar-refractivity contribution in [2.45, 2.75) is 32.4 Å². The average Bonchev–Trinajstić information content (AvgIpc) is 3.06. The summed E-state index contributed by atoms with van der Waals surface area (Å²) in [4.78, 5) is 27.5. The second-order valence-electron chi connectivity index (χ2n) is 7.93. The third kappa shape index (κ3) is 5.12. The number of carbonyl (C=O) groups excluding carboxylic acids is 2. The molecule has 1 amide bonds. The van der Waals surface area contributed by atoms with E-state index >= 15 is 0 Å². The van der Waals surface area contributed by atoms with Crippen molar-refractivity contribution in [2.75, 3.05) is 27.4 Å². The molecule has 2 aromatic carbocycles. The Morgan fingerprint density at radius 3 is 2.52 bits per heavy atom. The van der Waals surface area contributed by atoms with Gasteiger partial charge in [0.1, 0.15) is 11.5 Å². The molecule has 1 fully saturated rings. The number of carbonyl (C=O) groups is 2. The summed E-state index contributed by atoms with van der Waals surface area (Å²) in [6, 6.07) is 10.4. The first-order valence-corrected chi connectivity index (χ1v) is 10.7. The molecule has 2 aromatic rings. The number of aliphatic hydroxyl groups excluding tert-OH is 1. The molecule has 1 heterocycles. The zero-order chi connectivity index (χ0) is 24.1. The first-order chi connectivity index (χ1) is 15.8. The number of aliphatic hydroxyl groups is 1. The van der Waals surface area contributed by atoms with Crippen LogP contribution in [-0.2, 0) is 14.3 Å². The molecule has 1 aliphatic rings. The van der Waals surface area contributed by atoms with E-state index in [-0.39, 0.29) is 35.5 Å². The molecule has 1 atom stereocenters. The number of phenols is 1. The predicted octanol–water partition coefficient (Wildman–Crippen LogP) is 3.65. The third-order valence-electron chi connectivity index (χ3n) is 5.40. The number of amides is 1. The van der Waals surface area contributed by atoms with E-state index in [0.29, 0.717) is 29.9 Å². The molecule has 8 nitrogen and oxygen atoms in total. The number of hydrogen-bond acceptors (Lipinski definition) is 7. The van der Waals surface area contributed by atoms with Crippen LogP contribution in [0.3, 0.4) is 0 Å². The van der Waals surface area contributed by atoms with Gasteiger partial charge < -0.3 is 29.3 Å². The highest BCUT2D eigenvalue weighted by Gasteiger charge is 2.46. The van der Waals surface area contributed by atoms with Crippen LogP contribution < -0.4 is 9.47 Å². The molecule has 3 rings (SSSR count). The minimum absolute atomic E-state index is 0.0363. The molecule has 33 heavy (non-hydrogen) atoms. The number of phenolic OH excluding ortho intramolecular Hbond substituents is 1. The lowest BCUT2D eigenvalue weighted by Gasteiger charge is -2.26. The fraction of sp³-hybridized carbons (Fsp3) is 0.360. The minimum atomic E-state index is -0.857. The highest BCUT2D eigenvalue weighted by molar-refractivity contribution is 6.46. The largest absolute Gasteiger partial charge is 0.507 e. The number of ketones is 1. The molecule has 176 valence electrons. The van der Waals surface area contributed by atoms with Crippen molar-refractivity contribution in [3.8, 4) is 17.2 Å². The second-order valence-corrected chi connectivity index (χ2v) is 7.93. The Morgan fingerprint density at radius 2 is 1.85 bits per heavy atom. The van der Waals surface area contributed by atoms with Gasteiger partial charge in [-0.2, -0.15) is 0 Å². The van der Waals surface area contributed by atoms with Crippen LogP contribution in [0, 0.1) is 0 Å². The number of hydrogen-bond donors (Lipinski definition) is 2. The molecule has 0 aliphatic carbocycles. The van der Waals surface area contributed by atoms with E-state index in [0.717, 1.165) is 0 Å². The van der Waals surface area contributed by atoms with E-state index < -0.39 is 17.7 Å². The fourth-order valence-electron chi connectivity index (χ4n) is 3.80. The van der Waals surface area contributed by atoms with Gasteiger partial charge in [-0.25, -0.2) is 0 Å². The average molecular weight is 456 g/mol. The molecule has 0 spiro atoms. The van der Waals surface area contributed by atoms with E-state index in [1.165, 1.54) is 25.2 Å². The molecular formula is C25H29NO7. The van der Waals surface area contributed by atoms with Crippen LogP contribution in [0.4, 0.5) is 0 Å². The molecule has 0 unspecified atom stereocenters. The number of Topliss-reactive ketones (excluding diaryl/α,β-unsaturated/α-hetero) is 1. The van der Waals surface area contributed by atoms with Gasteiger partial charge in [-0.15, -0.1) is 0 Å². The Morgan fingerprint density at radius 1 is 1.09 bits per heavy atom. The van der Waals surface area contributed by atoms with Gasteiger partial charge in [0.2, 0.25) is 0 Å². The Kier molecular flexibility index (Phi) is 7.60. The van der Waals surface area contributed by atoms with Crippen molar-refractivity contribution in [3.63, 3.8) is 0 Å². The highest BCUT2D eigenvalue weighted by atomic mass is 16.5. The molecule has 0 bridgehead atoms. The fourth-order valence-corrected chi connectivity index (χ4v) is 3.80. The standard InChI is InChI=1S/C25H29NO7/c1-15(2)33-12-6-11-26-22(16-9-10-19(27)20(14-16)32-4)21(24(29)25(26)30)23(28)17-7-5-8-18(13-17)31-3/h5,7-10,13-15,22,27-28H,6,11-12H2,1-4H3/t22-/m1/s1. The summed E-state index contributed by atoms with van der Waals surface area (Å²) in [5.74, 6) is -1.16. The van der Waals surface area contributed by atoms with Crippen LogP contribution in [-0.4, -0.2) is 60.3 Å². The Labute approximate surface area is 193 Å². The highest BCUT2D eigenvalue weighted by Crippen LogP contribution is 2.42. The van der Waals surface area contributed by atoms with Crippen molar-refractivity contribution in [1.29, 1.82) is 0 Å². The molecule has 0 aromatic heterocycles. The van der Waals surface area contributed by atoms with Crippen LogP contribution in [0.15, 0.2) is 48.0 Å². The van der Waals surface area contributed by atoms with E-state index in [1.807, 2.05) is 13.8 Å². The molecule has 1 saturated heterocycles. The predicted molar refractivity (Wildman–Crippen MR) is 122 cm³/mol. The van der Waals surface area contributed by atoms with Crippen molar-refractivity contribution >= 4 is 17.4 Å². The van der Waals surface area contributed by atoms with Crippen molar-refractivity contribution in [3.05, 3.63) is 59.2 Å². The quantitative estimate of drug-likeness (QED) is 0.257. The minimum Gasteiger partial charge on any atom is -0.507 e. The van der Waals surface area contributed by atoms with Gasteiger partial charge in [-0.3, -0.25) is 9.59 Å². The summed E-state index contributed by atoms with van der Waals surface area (Å²) in [6.07, 6.45) is 0.557. The molecule has 8 heteroatoms. The summed E-state index contributed by atoms with van der Waals surface area (Å²) >= 11 is 0. The van der Waals surface area contributed by atoms with Gasteiger partial charge in [0.15, 0.2) is 11.5 Å². The summed E-state index contributed by atoms with van der Waals surface area (Å²) in [6.45, 7) is 4.51. The maximum Gasteiger partial charge on any atom is 0.295 e. The lowest BCUT2D eigenvalue weighted by Crippen LogP contribution is -2.31. The maximum atomic E-state index is 13.1. The second kappa shape index (κ2) is 10.4. The number of aromatic hydroxyl groups is 1. The van der Waals surface area contributed by atoms with Crippen molar-refractivity contribution in [2.24, 2.45) is 0 Å². The number of methoxy groups -OCH3 is 2. The number of nitrogens with zero attached hydrogens (tertiary/aromatic N) is 1. The van der Waals surface area contributed by atoms with Crippen LogP contribution >= 0.6 is 0 Å². The van der Waals surface area contributed by atoms with E-state index in [4.69, 9.17) is 14.2 Å². The topological polar surface area (TPSA) is 106 Å². The van der Waals surface area contributed by atoms with E-state index in [2.05, 4.69) is 0 Å². The SMILES string of the molecule is COc1cccc(C(O)=C2C(=O)C(=O)N(CCCOC(C)C)[C@@H]2c2ccc(O)c(OC)c2)c1. The number of likely N-dealkylation sites (tertiary alicyclic amines) is 1. The smallest absolute Gasteiger partial charge is 0.295 e. The summed E-state index contributed by atoms with van der Waals surface area (Å²) in [5, 5.41) is 21.1. The molecular weight excluding hydrogens is 426 g/mol. The van der Waals surface area contributed by atoms with Crippen LogP contribution in [0.1, 0.15) is 37.4 Å². The first kappa shape index (κ1) is 24.1. The van der Waals surface area contributed by atoms with E-state index in [1.54, 1.807) is 36.4 Å². The van der Waals surface area contributed by atoms with Crippen molar-refractivity contribution in [1.82, 2.24) is 4.90 Å². The Balaban J connectivity index is 2.09. The van der Waals surface area contributed by atoms with Crippen LogP contribution in [0.5, 0.6) is 17.2 Å². The summed E-state index contributed by atoms with van der Waals surface area (Å²) in [7, 11) is 2.91. The van der Waals surface area contributed by atoms with Gasteiger partial charge in [-0.05, 0) is 50.1 Å². The molecule has 1 aliphatic heterocycles. The van der Waals surface area contributed by atoms with Gasteiger partial charge in [0.05, 0.1) is 31.9 Å². The lowest BCUT2D eigenvalue weighted by atomic mass is 9.95. The first-order valence-electron chi connectivity index (χ1n) is 10.7. The zero-order valence-corrected chi connectivity index (χ0v) is 19.2. The van der Waals surface area contributed by atoms with Crippen molar-refractivity contribution < 1.29 is 34.0 Å². The number of rotatable bonds is 9. The Hall–Kier alpha value is -3.52.